The maximum atomic E-state index is 12.4. The Bertz CT molecular complexity index is 889. The first kappa shape index (κ1) is 17.9. The third-order valence-electron chi connectivity index (χ3n) is 4.39. The number of nitrogens with zero attached hydrogens (tertiary/aromatic N) is 2. The fraction of sp³-hybridized carbons (Fsp3) is 0.300. The number of rotatable bonds is 7. The Labute approximate surface area is 152 Å². The van der Waals surface area contributed by atoms with Gasteiger partial charge in [0, 0.05) is 17.5 Å². The highest BCUT2D eigenvalue weighted by Crippen LogP contribution is 2.27. The van der Waals surface area contributed by atoms with E-state index < -0.39 is 0 Å². The third kappa shape index (κ3) is 3.86. The Hall–Kier alpha value is -2.86. The van der Waals surface area contributed by atoms with Crippen molar-refractivity contribution >= 4 is 16.9 Å². The molecule has 1 atom stereocenters. The van der Waals surface area contributed by atoms with Gasteiger partial charge in [-0.15, -0.1) is 0 Å². The van der Waals surface area contributed by atoms with Gasteiger partial charge in [-0.2, -0.15) is 0 Å². The summed E-state index contributed by atoms with van der Waals surface area (Å²) in [4.78, 5) is 14.5. The van der Waals surface area contributed by atoms with Crippen LogP contribution >= 0.6 is 0 Å². The molecule has 6 heteroatoms. The second kappa shape index (κ2) is 8.01. The van der Waals surface area contributed by atoms with E-state index in [9.17, 15) is 4.79 Å². The van der Waals surface area contributed by atoms with Gasteiger partial charge in [0.1, 0.15) is 11.4 Å². The van der Waals surface area contributed by atoms with E-state index in [0.29, 0.717) is 17.8 Å². The molecule has 0 radical (unpaired) electrons. The lowest BCUT2D eigenvalue weighted by Gasteiger charge is -2.26. The van der Waals surface area contributed by atoms with Crippen molar-refractivity contribution in [3.63, 3.8) is 0 Å². The summed E-state index contributed by atoms with van der Waals surface area (Å²) in [6.07, 6.45) is 0.184. The zero-order valence-corrected chi connectivity index (χ0v) is 15.2. The SMILES string of the molecule is COc1ccccc1C(CNC(=O)Cc1noc2ccccc12)N(C)C. The molecule has 0 bridgehead atoms. The van der Waals surface area contributed by atoms with Crippen molar-refractivity contribution in [3.8, 4) is 5.75 Å². The first-order valence-corrected chi connectivity index (χ1v) is 8.49. The van der Waals surface area contributed by atoms with E-state index in [1.807, 2.05) is 62.6 Å². The number of para-hydroxylation sites is 2. The zero-order chi connectivity index (χ0) is 18.5. The van der Waals surface area contributed by atoms with Crippen LogP contribution in [-0.2, 0) is 11.2 Å². The fourth-order valence-electron chi connectivity index (χ4n) is 3.00. The van der Waals surface area contributed by atoms with Crippen molar-refractivity contribution < 1.29 is 14.1 Å². The van der Waals surface area contributed by atoms with Crippen LogP contribution in [0.3, 0.4) is 0 Å². The monoisotopic (exact) mass is 353 g/mol. The van der Waals surface area contributed by atoms with Gasteiger partial charge in [-0.25, -0.2) is 0 Å². The summed E-state index contributed by atoms with van der Waals surface area (Å²) in [6, 6.07) is 15.4. The van der Waals surface area contributed by atoms with E-state index in [-0.39, 0.29) is 18.4 Å². The van der Waals surface area contributed by atoms with Crippen LogP contribution in [0.25, 0.3) is 11.0 Å². The first-order valence-electron chi connectivity index (χ1n) is 8.49. The molecule has 3 aromatic rings. The lowest BCUT2D eigenvalue weighted by atomic mass is 10.0. The number of fused-ring (bicyclic) bond motifs is 1. The summed E-state index contributed by atoms with van der Waals surface area (Å²) in [7, 11) is 5.61. The number of carbonyl (C=O) groups excluding carboxylic acids is 1. The highest BCUT2D eigenvalue weighted by atomic mass is 16.5. The number of methoxy groups -OCH3 is 1. The molecule has 26 heavy (non-hydrogen) atoms. The molecule has 1 N–H and O–H groups in total. The quantitative estimate of drug-likeness (QED) is 0.707. The molecular formula is C20H23N3O3. The number of aromatic nitrogens is 1. The van der Waals surface area contributed by atoms with Crippen LogP contribution in [0.4, 0.5) is 0 Å². The van der Waals surface area contributed by atoms with Crippen molar-refractivity contribution in [2.45, 2.75) is 12.5 Å². The summed E-state index contributed by atoms with van der Waals surface area (Å²) in [5.74, 6) is 0.716. The van der Waals surface area contributed by atoms with Crippen molar-refractivity contribution in [2.75, 3.05) is 27.7 Å². The Kier molecular flexibility index (Phi) is 5.53. The van der Waals surface area contributed by atoms with E-state index in [4.69, 9.17) is 9.26 Å². The number of amides is 1. The number of benzene rings is 2. The van der Waals surface area contributed by atoms with Gasteiger partial charge in [0.25, 0.3) is 0 Å². The Balaban J connectivity index is 1.68. The second-order valence-electron chi connectivity index (χ2n) is 6.33. The molecular weight excluding hydrogens is 330 g/mol. The van der Waals surface area contributed by atoms with Gasteiger partial charge in [0.15, 0.2) is 5.58 Å². The molecule has 0 saturated carbocycles. The largest absolute Gasteiger partial charge is 0.496 e. The standard InChI is InChI=1S/C20H23N3O3/c1-23(2)17(15-9-5-6-10-18(15)25-3)13-21-20(24)12-16-14-8-4-7-11-19(14)26-22-16/h4-11,17H,12-13H2,1-3H3,(H,21,24). The van der Waals surface area contributed by atoms with Gasteiger partial charge in [-0.1, -0.05) is 35.5 Å². The van der Waals surface area contributed by atoms with Crippen LogP contribution in [0.5, 0.6) is 5.75 Å². The molecule has 0 saturated heterocycles. The minimum absolute atomic E-state index is 0.00385. The van der Waals surface area contributed by atoms with Gasteiger partial charge in [0.2, 0.25) is 5.91 Å². The average Bonchev–Trinajstić information content (AvgIpc) is 3.05. The molecule has 136 valence electrons. The van der Waals surface area contributed by atoms with Gasteiger partial charge in [0.05, 0.1) is 19.6 Å². The number of hydrogen-bond donors (Lipinski definition) is 1. The van der Waals surface area contributed by atoms with Crippen LogP contribution in [0.1, 0.15) is 17.3 Å². The summed E-state index contributed by atoms with van der Waals surface area (Å²) >= 11 is 0. The summed E-state index contributed by atoms with van der Waals surface area (Å²) in [6.45, 7) is 0.474. The number of likely N-dealkylation sites (N-methyl/N-ethyl adjacent to an activating group) is 1. The van der Waals surface area contributed by atoms with E-state index in [1.165, 1.54) is 0 Å². The Morgan fingerprint density at radius 2 is 1.92 bits per heavy atom. The predicted octanol–water partition coefficient (Wildman–Crippen LogP) is 2.80. The van der Waals surface area contributed by atoms with Crippen LogP contribution < -0.4 is 10.1 Å². The van der Waals surface area contributed by atoms with E-state index >= 15 is 0 Å². The normalized spacial score (nSPS) is 12.3. The molecule has 6 nitrogen and oxygen atoms in total. The van der Waals surface area contributed by atoms with Crippen LogP contribution in [-0.4, -0.2) is 43.7 Å². The molecule has 0 fully saturated rings. The van der Waals surface area contributed by atoms with E-state index in [0.717, 1.165) is 16.7 Å². The highest BCUT2D eigenvalue weighted by Gasteiger charge is 2.20. The minimum atomic E-state index is -0.0919. The van der Waals surface area contributed by atoms with Crippen molar-refractivity contribution in [1.29, 1.82) is 0 Å². The third-order valence-corrected chi connectivity index (χ3v) is 4.39. The number of carbonyl (C=O) groups is 1. The second-order valence-corrected chi connectivity index (χ2v) is 6.33. The molecule has 0 aliphatic rings. The topological polar surface area (TPSA) is 67.6 Å². The molecule has 3 rings (SSSR count). The van der Waals surface area contributed by atoms with Gasteiger partial charge in [-0.05, 0) is 32.3 Å². The van der Waals surface area contributed by atoms with Crippen LogP contribution in [0.2, 0.25) is 0 Å². The lowest BCUT2D eigenvalue weighted by molar-refractivity contribution is -0.120. The Morgan fingerprint density at radius 3 is 2.69 bits per heavy atom. The zero-order valence-electron chi connectivity index (χ0n) is 15.2. The fourth-order valence-corrected chi connectivity index (χ4v) is 3.00. The first-order chi connectivity index (χ1) is 12.6. The summed E-state index contributed by atoms with van der Waals surface area (Å²) < 4.78 is 10.7. The average molecular weight is 353 g/mol. The molecule has 2 aromatic carbocycles. The Morgan fingerprint density at radius 1 is 1.19 bits per heavy atom. The molecule has 1 heterocycles. The van der Waals surface area contributed by atoms with Crippen LogP contribution in [0, 0.1) is 0 Å². The maximum Gasteiger partial charge on any atom is 0.226 e. The molecule has 1 aromatic heterocycles. The number of nitrogens with one attached hydrogen (secondary N) is 1. The number of ether oxygens (including phenoxy) is 1. The smallest absolute Gasteiger partial charge is 0.226 e. The highest BCUT2D eigenvalue weighted by molar-refractivity contribution is 5.86. The number of hydrogen-bond acceptors (Lipinski definition) is 5. The summed E-state index contributed by atoms with van der Waals surface area (Å²) in [5.41, 5.74) is 2.37. The molecule has 0 spiro atoms. The van der Waals surface area contributed by atoms with Gasteiger partial charge >= 0.3 is 0 Å². The molecule has 0 aliphatic carbocycles. The van der Waals surface area contributed by atoms with Crippen LogP contribution in [0.15, 0.2) is 53.1 Å². The maximum absolute atomic E-state index is 12.4. The lowest BCUT2D eigenvalue weighted by Crippen LogP contribution is -2.35. The van der Waals surface area contributed by atoms with Gasteiger partial charge < -0.3 is 19.5 Å². The predicted molar refractivity (Wildman–Crippen MR) is 100 cm³/mol. The van der Waals surface area contributed by atoms with Crippen molar-refractivity contribution in [3.05, 3.63) is 59.8 Å². The van der Waals surface area contributed by atoms with Gasteiger partial charge in [-0.3, -0.25) is 4.79 Å². The van der Waals surface area contributed by atoms with Crippen molar-refractivity contribution in [1.82, 2.24) is 15.4 Å². The molecule has 1 amide bonds. The summed E-state index contributed by atoms with van der Waals surface area (Å²) in [5, 5.41) is 7.89. The molecule has 0 aliphatic heterocycles. The van der Waals surface area contributed by atoms with E-state index in [1.54, 1.807) is 7.11 Å². The van der Waals surface area contributed by atoms with E-state index in [2.05, 4.69) is 15.4 Å². The van der Waals surface area contributed by atoms with Crippen molar-refractivity contribution in [2.24, 2.45) is 0 Å². The molecule has 1 unspecified atom stereocenters. The minimum Gasteiger partial charge on any atom is -0.496 e.